The van der Waals surface area contributed by atoms with Gasteiger partial charge in [-0.05, 0) is 18.2 Å². The van der Waals surface area contributed by atoms with E-state index in [2.05, 4.69) is 10.3 Å². The minimum atomic E-state index is 0.404. The van der Waals surface area contributed by atoms with Crippen LogP contribution >= 0.6 is 46.1 Å². The van der Waals surface area contributed by atoms with Gasteiger partial charge in [-0.25, -0.2) is 4.98 Å². The van der Waals surface area contributed by atoms with Crippen LogP contribution in [0.4, 0.5) is 10.8 Å². The monoisotopic (exact) mass is 292 g/mol. The summed E-state index contributed by atoms with van der Waals surface area (Å²) in [7, 11) is 0. The Morgan fingerprint density at radius 1 is 1.31 bits per heavy atom. The molecule has 0 radical (unpaired) electrons. The number of aromatic nitrogens is 1. The van der Waals surface area contributed by atoms with Crippen LogP contribution < -0.4 is 5.32 Å². The third-order valence-electron chi connectivity index (χ3n) is 1.86. The van der Waals surface area contributed by atoms with Gasteiger partial charge >= 0.3 is 0 Å². The van der Waals surface area contributed by atoms with E-state index >= 15 is 0 Å². The molecule has 2 rings (SSSR count). The lowest BCUT2D eigenvalue weighted by Gasteiger charge is -2.05. The van der Waals surface area contributed by atoms with E-state index in [1.54, 1.807) is 18.2 Å². The van der Waals surface area contributed by atoms with Gasteiger partial charge in [-0.15, -0.1) is 22.9 Å². The minimum Gasteiger partial charge on any atom is -0.330 e. The largest absolute Gasteiger partial charge is 0.330 e. The summed E-state index contributed by atoms with van der Waals surface area (Å²) in [5, 5.41) is 6.98. The number of nitrogens with one attached hydrogen (secondary N) is 1. The van der Waals surface area contributed by atoms with E-state index in [0.717, 1.165) is 16.5 Å². The van der Waals surface area contributed by atoms with Crippen molar-refractivity contribution in [1.29, 1.82) is 0 Å². The molecule has 1 aromatic heterocycles. The molecule has 1 aromatic carbocycles. The Hall–Kier alpha value is -0.480. The number of halogens is 3. The van der Waals surface area contributed by atoms with Gasteiger partial charge in [0.2, 0.25) is 0 Å². The van der Waals surface area contributed by atoms with Gasteiger partial charge in [-0.3, -0.25) is 0 Å². The molecule has 6 heteroatoms. The van der Waals surface area contributed by atoms with E-state index in [0.29, 0.717) is 15.9 Å². The number of benzene rings is 1. The topological polar surface area (TPSA) is 24.9 Å². The Balaban J connectivity index is 2.22. The van der Waals surface area contributed by atoms with Gasteiger partial charge in [-0.2, -0.15) is 0 Å². The fourth-order valence-electron chi connectivity index (χ4n) is 1.13. The molecule has 0 aliphatic rings. The number of thiazole rings is 1. The van der Waals surface area contributed by atoms with Crippen LogP contribution in [0.2, 0.25) is 10.0 Å². The zero-order valence-electron chi connectivity index (χ0n) is 8.01. The SMILES string of the molecule is ClCc1csc(Nc2cc(Cl)ccc2Cl)n1. The quantitative estimate of drug-likeness (QED) is 0.811. The maximum Gasteiger partial charge on any atom is 0.187 e. The van der Waals surface area contributed by atoms with Crippen molar-refractivity contribution in [3.05, 3.63) is 39.3 Å². The van der Waals surface area contributed by atoms with Crippen molar-refractivity contribution in [2.75, 3.05) is 5.32 Å². The maximum atomic E-state index is 6.02. The van der Waals surface area contributed by atoms with Gasteiger partial charge in [0.1, 0.15) is 0 Å². The molecule has 0 saturated carbocycles. The highest BCUT2D eigenvalue weighted by Crippen LogP contribution is 2.29. The van der Waals surface area contributed by atoms with E-state index < -0.39 is 0 Å². The van der Waals surface area contributed by atoms with Crippen molar-refractivity contribution in [1.82, 2.24) is 4.98 Å². The van der Waals surface area contributed by atoms with Gasteiger partial charge in [0.05, 0.1) is 22.3 Å². The molecule has 1 N–H and O–H groups in total. The molecule has 84 valence electrons. The van der Waals surface area contributed by atoms with Crippen molar-refractivity contribution in [2.45, 2.75) is 5.88 Å². The standard InChI is InChI=1S/C10H7Cl3N2S/c11-4-7-5-16-10(14-7)15-9-3-6(12)1-2-8(9)13/h1-3,5H,4H2,(H,14,15). The molecule has 0 atom stereocenters. The highest BCUT2D eigenvalue weighted by Gasteiger charge is 2.05. The van der Waals surface area contributed by atoms with Crippen LogP contribution in [0.15, 0.2) is 23.6 Å². The Kier molecular flexibility index (Phi) is 3.92. The van der Waals surface area contributed by atoms with Crippen LogP contribution in [0.25, 0.3) is 0 Å². The summed E-state index contributed by atoms with van der Waals surface area (Å²) in [6.07, 6.45) is 0. The molecule has 2 aromatic rings. The Bertz CT molecular complexity index is 499. The predicted octanol–water partition coefficient (Wildman–Crippen LogP) is 4.93. The van der Waals surface area contributed by atoms with Crippen molar-refractivity contribution in [3.63, 3.8) is 0 Å². The number of hydrogen-bond donors (Lipinski definition) is 1. The zero-order chi connectivity index (χ0) is 11.5. The van der Waals surface area contributed by atoms with E-state index in [1.165, 1.54) is 11.3 Å². The van der Waals surface area contributed by atoms with E-state index in [9.17, 15) is 0 Å². The highest BCUT2D eigenvalue weighted by atomic mass is 35.5. The summed E-state index contributed by atoms with van der Waals surface area (Å²) in [5.74, 6) is 0.404. The van der Waals surface area contributed by atoms with E-state index in [4.69, 9.17) is 34.8 Å². The summed E-state index contributed by atoms with van der Waals surface area (Å²) < 4.78 is 0. The van der Waals surface area contributed by atoms with E-state index in [-0.39, 0.29) is 0 Å². The summed E-state index contributed by atoms with van der Waals surface area (Å²) in [4.78, 5) is 4.27. The van der Waals surface area contributed by atoms with Gasteiger partial charge in [0.25, 0.3) is 0 Å². The third kappa shape index (κ3) is 2.80. The fraction of sp³-hybridized carbons (Fsp3) is 0.100. The average molecular weight is 294 g/mol. The minimum absolute atomic E-state index is 0.404. The maximum absolute atomic E-state index is 6.02. The molecule has 0 unspecified atom stereocenters. The number of rotatable bonds is 3. The van der Waals surface area contributed by atoms with Crippen molar-refractivity contribution >= 4 is 57.0 Å². The first-order valence-electron chi connectivity index (χ1n) is 4.41. The summed E-state index contributed by atoms with van der Waals surface area (Å²) in [5.41, 5.74) is 1.58. The second-order valence-electron chi connectivity index (χ2n) is 3.03. The first kappa shape index (κ1) is 12.0. The first-order valence-corrected chi connectivity index (χ1v) is 6.58. The number of hydrogen-bond acceptors (Lipinski definition) is 3. The molecule has 0 saturated heterocycles. The molecule has 0 aliphatic heterocycles. The van der Waals surface area contributed by atoms with Crippen LogP contribution in [0.1, 0.15) is 5.69 Å². The van der Waals surface area contributed by atoms with Gasteiger partial charge < -0.3 is 5.32 Å². The molecule has 0 fully saturated rings. The van der Waals surface area contributed by atoms with Crippen LogP contribution in [0.5, 0.6) is 0 Å². The second kappa shape index (κ2) is 5.23. The Morgan fingerprint density at radius 2 is 2.12 bits per heavy atom. The van der Waals surface area contributed by atoms with Crippen molar-refractivity contribution in [2.24, 2.45) is 0 Å². The summed E-state index contributed by atoms with van der Waals surface area (Å²) in [6, 6.07) is 5.23. The summed E-state index contributed by atoms with van der Waals surface area (Å²) >= 11 is 19.0. The molecular weight excluding hydrogens is 287 g/mol. The molecule has 0 amide bonds. The lowest BCUT2D eigenvalue weighted by molar-refractivity contribution is 1.22. The third-order valence-corrected chi connectivity index (χ3v) is 3.50. The smallest absolute Gasteiger partial charge is 0.187 e. The van der Waals surface area contributed by atoms with Gasteiger partial charge in [-0.1, -0.05) is 23.2 Å². The van der Waals surface area contributed by atoms with Crippen LogP contribution in [-0.4, -0.2) is 4.98 Å². The molecule has 0 bridgehead atoms. The van der Waals surface area contributed by atoms with Crippen molar-refractivity contribution in [3.8, 4) is 0 Å². The van der Waals surface area contributed by atoms with Crippen LogP contribution in [-0.2, 0) is 5.88 Å². The molecule has 0 spiro atoms. The zero-order valence-corrected chi connectivity index (χ0v) is 11.1. The molecule has 0 aliphatic carbocycles. The Labute approximate surface area is 112 Å². The van der Waals surface area contributed by atoms with Crippen LogP contribution in [0, 0.1) is 0 Å². The fourth-order valence-corrected chi connectivity index (χ4v) is 2.42. The average Bonchev–Trinajstić information content (AvgIpc) is 2.71. The number of anilines is 2. The Morgan fingerprint density at radius 3 is 2.81 bits per heavy atom. The lowest BCUT2D eigenvalue weighted by Crippen LogP contribution is -1.91. The first-order chi connectivity index (χ1) is 7.69. The number of nitrogens with zero attached hydrogens (tertiary/aromatic N) is 1. The van der Waals surface area contributed by atoms with Gasteiger partial charge in [0.15, 0.2) is 5.13 Å². The molecule has 1 heterocycles. The highest BCUT2D eigenvalue weighted by molar-refractivity contribution is 7.13. The molecular formula is C10H7Cl3N2S. The van der Waals surface area contributed by atoms with E-state index in [1.807, 2.05) is 5.38 Å². The molecule has 2 nitrogen and oxygen atoms in total. The van der Waals surface area contributed by atoms with Crippen LogP contribution in [0.3, 0.4) is 0 Å². The molecule has 16 heavy (non-hydrogen) atoms. The van der Waals surface area contributed by atoms with Crippen molar-refractivity contribution < 1.29 is 0 Å². The summed E-state index contributed by atoms with van der Waals surface area (Å²) in [6.45, 7) is 0. The number of alkyl halides is 1. The lowest BCUT2D eigenvalue weighted by atomic mass is 10.3. The predicted molar refractivity (Wildman–Crippen MR) is 71.4 cm³/mol. The second-order valence-corrected chi connectivity index (χ2v) is 5.00. The normalized spacial score (nSPS) is 10.4. The van der Waals surface area contributed by atoms with Gasteiger partial charge in [0, 0.05) is 10.4 Å².